The number of amides is 1. The lowest BCUT2D eigenvalue weighted by atomic mass is 10.2. The zero-order valence-electron chi connectivity index (χ0n) is 12.3. The molecule has 0 N–H and O–H groups in total. The predicted octanol–water partition coefficient (Wildman–Crippen LogP) is 2.72. The van der Waals surface area contributed by atoms with Gasteiger partial charge in [-0.25, -0.2) is 0 Å². The lowest BCUT2D eigenvalue weighted by Crippen LogP contribution is -2.37. The van der Waals surface area contributed by atoms with Crippen LogP contribution in [0.3, 0.4) is 0 Å². The molecule has 1 unspecified atom stereocenters. The molecule has 2 rings (SSSR count). The molecule has 1 fully saturated rings. The van der Waals surface area contributed by atoms with Gasteiger partial charge in [-0.2, -0.15) is 0 Å². The summed E-state index contributed by atoms with van der Waals surface area (Å²) >= 11 is 1.45. The van der Waals surface area contributed by atoms with Crippen LogP contribution in [0.5, 0.6) is 0 Å². The van der Waals surface area contributed by atoms with E-state index < -0.39 is 5.25 Å². The average Bonchev–Trinajstić information content (AvgIpc) is 3.01. The number of likely N-dealkylation sites (tertiary alicyclic amines) is 1. The van der Waals surface area contributed by atoms with Crippen molar-refractivity contribution in [2.45, 2.75) is 36.3 Å². The van der Waals surface area contributed by atoms with Gasteiger partial charge in [0.2, 0.25) is 5.91 Å². The van der Waals surface area contributed by atoms with Gasteiger partial charge in [-0.1, -0.05) is 18.2 Å². The van der Waals surface area contributed by atoms with Gasteiger partial charge in [0, 0.05) is 18.0 Å². The Balaban J connectivity index is 2.05. The third kappa shape index (κ3) is 4.77. The highest BCUT2D eigenvalue weighted by molar-refractivity contribution is 8.00. The van der Waals surface area contributed by atoms with Crippen molar-refractivity contribution < 1.29 is 14.3 Å². The summed E-state index contributed by atoms with van der Waals surface area (Å²) < 4.78 is 5.00. The van der Waals surface area contributed by atoms with Gasteiger partial charge in [-0.15, -0.1) is 11.8 Å². The third-order valence-corrected chi connectivity index (χ3v) is 4.57. The number of ether oxygens (including phenoxy) is 1. The molecule has 1 aromatic carbocycles. The maximum atomic E-state index is 12.6. The second-order valence-electron chi connectivity index (χ2n) is 4.96. The smallest absolute Gasteiger partial charge is 0.307 e. The minimum Gasteiger partial charge on any atom is -0.466 e. The van der Waals surface area contributed by atoms with E-state index >= 15 is 0 Å². The van der Waals surface area contributed by atoms with Gasteiger partial charge in [0.05, 0.1) is 18.3 Å². The van der Waals surface area contributed by atoms with E-state index in [9.17, 15) is 9.59 Å². The van der Waals surface area contributed by atoms with Crippen LogP contribution in [0.2, 0.25) is 0 Å². The number of carbonyl (C=O) groups excluding carboxylic acids is 2. The topological polar surface area (TPSA) is 46.6 Å². The number of thioether (sulfide) groups is 1. The second-order valence-corrected chi connectivity index (χ2v) is 6.24. The van der Waals surface area contributed by atoms with Crippen molar-refractivity contribution in [1.82, 2.24) is 4.90 Å². The summed E-state index contributed by atoms with van der Waals surface area (Å²) in [4.78, 5) is 27.2. The standard InChI is InChI=1S/C16H21NO3S/c1-2-20-15(18)12-14(16(19)17-10-6-7-11-17)21-13-8-4-3-5-9-13/h3-5,8-9,14H,2,6-7,10-12H2,1H3. The Bertz CT molecular complexity index is 472. The van der Waals surface area contributed by atoms with Crippen LogP contribution in [0.4, 0.5) is 0 Å². The summed E-state index contributed by atoms with van der Waals surface area (Å²) in [5, 5.41) is -0.399. The normalized spacial score (nSPS) is 15.8. The SMILES string of the molecule is CCOC(=O)CC(Sc1ccccc1)C(=O)N1CCCC1. The molecule has 0 aliphatic carbocycles. The summed E-state index contributed by atoms with van der Waals surface area (Å²) in [6.45, 7) is 3.72. The molecule has 1 amide bonds. The predicted molar refractivity (Wildman–Crippen MR) is 83.2 cm³/mol. The number of esters is 1. The number of hydrogen-bond acceptors (Lipinski definition) is 4. The zero-order valence-corrected chi connectivity index (χ0v) is 13.1. The van der Waals surface area contributed by atoms with Gasteiger partial charge in [-0.05, 0) is 31.9 Å². The van der Waals surface area contributed by atoms with E-state index in [4.69, 9.17) is 4.74 Å². The van der Waals surface area contributed by atoms with Crippen LogP contribution in [0, 0.1) is 0 Å². The first-order valence-electron chi connectivity index (χ1n) is 7.37. The molecular weight excluding hydrogens is 286 g/mol. The number of benzene rings is 1. The van der Waals surface area contributed by atoms with Crippen molar-refractivity contribution in [3.8, 4) is 0 Å². The van der Waals surface area contributed by atoms with E-state index in [0.717, 1.165) is 30.8 Å². The minimum atomic E-state index is -0.399. The van der Waals surface area contributed by atoms with Crippen molar-refractivity contribution in [3.63, 3.8) is 0 Å². The van der Waals surface area contributed by atoms with Crippen molar-refractivity contribution in [2.75, 3.05) is 19.7 Å². The summed E-state index contributed by atoms with van der Waals surface area (Å²) in [7, 11) is 0. The molecule has 0 aromatic heterocycles. The molecule has 5 heteroatoms. The average molecular weight is 307 g/mol. The molecular formula is C16H21NO3S. The minimum absolute atomic E-state index is 0.0504. The quantitative estimate of drug-likeness (QED) is 0.599. The molecule has 1 atom stereocenters. The van der Waals surface area contributed by atoms with Crippen LogP contribution in [0.1, 0.15) is 26.2 Å². The molecule has 0 bridgehead atoms. The molecule has 0 spiro atoms. The molecule has 21 heavy (non-hydrogen) atoms. The van der Waals surface area contributed by atoms with Crippen LogP contribution < -0.4 is 0 Å². The number of nitrogens with zero attached hydrogens (tertiary/aromatic N) is 1. The largest absolute Gasteiger partial charge is 0.466 e. The van der Waals surface area contributed by atoms with Crippen LogP contribution in [0.25, 0.3) is 0 Å². The Hall–Kier alpha value is -1.49. The van der Waals surface area contributed by atoms with E-state index in [1.54, 1.807) is 6.92 Å². The van der Waals surface area contributed by atoms with Gasteiger partial charge in [0.25, 0.3) is 0 Å². The molecule has 1 saturated heterocycles. The fourth-order valence-electron chi connectivity index (χ4n) is 2.36. The lowest BCUT2D eigenvalue weighted by molar-refractivity contribution is -0.145. The Labute approximate surface area is 129 Å². The molecule has 1 heterocycles. The number of carbonyl (C=O) groups is 2. The summed E-state index contributed by atoms with van der Waals surface area (Å²) in [5.74, 6) is -0.257. The van der Waals surface area contributed by atoms with E-state index in [-0.39, 0.29) is 18.3 Å². The molecule has 1 aliphatic heterocycles. The van der Waals surface area contributed by atoms with Crippen molar-refractivity contribution in [3.05, 3.63) is 30.3 Å². The number of rotatable bonds is 6. The van der Waals surface area contributed by atoms with Crippen LogP contribution >= 0.6 is 11.8 Å². The Morgan fingerprint density at radius 2 is 1.90 bits per heavy atom. The molecule has 1 aliphatic rings. The van der Waals surface area contributed by atoms with Gasteiger partial charge < -0.3 is 9.64 Å². The highest BCUT2D eigenvalue weighted by Crippen LogP contribution is 2.28. The van der Waals surface area contributed by atoms with E-state index in [2.05, 4.69) is 0 Å². The Morgan fingerprint density at radius 1 is 1.24 bits per heavy atom. The van der Waals surface area contributed by atoms with Crippen LogP contribution in [-0.2, 0) is 14.3 Å². The van der Waals surface area contributed by atoms with Gasteiger partial charge in [0.1, 0.15) is 0 Å². The zero-order chi connectivity index (χ0) is 15.1. The van der Waals surface area contributed by atoms with Crippen LogP contribution in [0.15, 0.2) is 35.2 Å². The van der Waals surface area contributed by atoms with Gasteiger partial charge >= 0.3 is 5.97 Å². The summed E-state index contributed by atoms with van der Waals surface area (Å²) in [6.07, 6.45) is 2.23. The maximum Gasteiger partial charge on any atom is 0.307 e. The molecule has 114 valence electrons. The molecule has 4 nitrogen and oxygen atoms in total. The molecule has 0 radical (unpaired) electrons. The highest BCUT2D eigenvalue weighted by atomic mass is 32.2. The highest BCUT2D eigenvalue weighted by Gasteiger charge is 2.29. The summed E-state index contributed by atoms with van der Waals surface area (Å²) in [5.41, 5.74) is 0. The van der Waals surface area contributed by atoms with E-state index in [1.165, 1.54) is 11.8 Å². The monoisotopic (exact) mass is 307 g/mol. The van der Waals surface area contributed by atoms with Crippen molar-refractivity contribution >= 4 is 23.6 Å². The second kappa shape index (κ2) is 8.08. The van der Waals surface area contributed by atoms with E-state index in [1.807, 2.05) is 35.2 Å². The Morgan fingerprint density at radius 3 is 2.52 bits per heavy atom. The summed E-state index contributed by atoms with van der Waals surface area (Å²) in [6, 6.07) is 9.72. The van der Waals surface area contributed by atoms with Gasteiger partial charge in [-0.3, -0.25) is 9.59 Å². The maximum absolute atomic E-state index is 12.6. The van der Waals surface area contributed by atoms with Crippen molar-refractivity contribution in [1.29, 1.82) is 0 Å². The number of hydrogen-bond donors (Lipinski definition) is 0. The molecule has 1 aromatic rings. The van der Waals surface area contributed by atoms with Crippen LogP contribution in [-0.4, -0.2) is 41.7 Å². The third-order valence-electron chi connectivity index (χ3n) is 3.37. The van der Waals surface area contributed by atoms with E-state index in [0.29, 0.717) is 6.61 Å². The fraction of sp³-hybridized carbons (Fsp3) is 0.500. The van der Waals surface area contributed by atoms with Crippen molar-refractivity contribution in [2.24, 2.45) is 0 Å². The fourth-order valence-corrected chi connectivity index (χ4v) is 3.47. The first-order chi connectivity index (χ1) is 10.2. The first kappa shape index (κ1) is 15.9. The Kier molecular flexibility index (Phi) is 6.11. The van der Waals surface area contributed by atoms with Gasteiger partial charge in [0.15, 0.2) is 0 Å². The molecule has 0 saturated carbocycles. The first-order valence-corrected chi connectivity index (χ1v) is 8.24. The lowest BCUT2D eigenvalue weighted by Gasteiger charge is -2.22.